The Morgan fingerprint density at radius 2 is 0.851 bits per heavy atom. The summed E-state index contributed by atoms with van der Waals surface area (Å²) >= 11 is 0. The molecule has 0 fully saturated rings. The van der Waals surface area contributed by atoms with Gasteiger partial charge in [0.1, 0.15) is 0 Å². The molecular weight excluding hydrogens is 574 g/mol. The highest BCUT2D eigenvalue weighted by Gasteiger charge is 2.24. The van der Waals surface area contributed by atoms with Gasteiger partial charge in [0, 0.05) is 33.7 Å². The Hall–Kier alpha value is -6.46. The van der Waals surface area contributed by atoms with Crippen LogP contribution in [0.1, 0.15) is 0 Å². The van der Waals surface area contributed by atoms with Crippen LogP contribution >= 0.6 is 0 Å². The fraction of sp³-hybridized carbons (Fsp3) is 0. The molecule has 1 aliphatic rings. The normalized spacial score (nSPS) is 11.8. The molecule has 0 unspecified atom stereocenters. The third-order valence-electron chi connectivity index (χ3n) is 9.24. The lowest BCUT2D eigenvalue weighted by Gasteiger charge is -2.14. The van der Waals surface area contributed by atoms with Crippen LogP contribution in [0.4, 0.5) is 0 Å². The van der Waals surface area contributed by atoms with E-state index in [1.165, 1.54) is 43.8 Å². The van der Waals surface area contributed by atoms with Crippen LogP contribution in [-0.4, -0.2) is 24.5 Å². The van der Waals surface area contributed by atoms with Crippen molar-refractivity contribution in [2.45, 2.75) is 0 Å². The van der Waals surface area contributed by atoms with Crippen molar-refractivity contribution in [2.75, 3.05) is 0 Å². The molecule has 0 amide bonds. The van der Waals surface area contributed by atoms with Gasteiger partial charge in [-0.1, -0.05) is 121 Å². The summed E-state index contributed by atoms with van der Waals surface area (Å²) < 4.78 is 2.33. The van der Waals surface area contributed by atoms with E-state index in [1.807, 2.05) is 73.1 Å². The Morgan fingerprint density at radius 3 is 1.38 bits per heavy atom. The summed E-state index contributed by atoms with van der Waals surface area (Å²) in [5.41, 5.74) is 10.9. The van der Waals surface area contributed by atoms with Gasteiger partial charge in [0.15, 0.2) is 17.5 Å². The van der Waals surface area contributed by atoms with E-state index in [1.54, 1.807) is 0 Å². The summed E-state index contributed by atoms with van der Waals surface area (Å²) in [6.07, 6.45) is 3.77. The van der Waals surface area contributed by atoms with Gasteiger partial charge in [-0.15, -0.1) is 0 Å². The van der Waals surface area contributed by atoms with Gasteiger partial charge in [0.2, 0.25) is 0 Å². The fourth-order valence-corrected chi connectivity index (χ4v) is 7.24. The lowest BCUT2D eigenvalue weighted by Crippen LogP contribution is -2.01. The monoisotopic (exact) mass is 599 g/mol. The van der Waals surface area contributed by atoms with Crippen molar-refractivity contribution in [3.05, 3.63) is 152 Å². The summed E-state index contributed by atoms with van der Waals surface area (Å²) in [7, 11) is 0. The minimum Gasteiger partial charge on any atom is -0.308 e. The Labute approximate surface area is 270 Å². The van der Waals surface area contributed by atoms with Crippen molar-refractivity contribution in [2.24, 2.45) is 0 Å². The van der Waals surface area contributed by atoms with Crippen LogP contribution in [0.3, 0.4) is 0 Å². The van der Waals surface area contributed by atoms with Crippen LogP contribution < -0.4 is 0 Å². The van der Waals surface area contributed by atoms with Crippen molar-refractivity contribution < 1.29 is 0 Å². The Bertz CT molecular complexity index is 2520. The number of rotatable bonds is 4. The van der Waals surface area contributed by atoms with Crippen LogP contribution in [0.2, 0.25) is 0 Å². The van der Waals surface area contributed by atoms with Crippen LogP contribution in [0, 0.1) is 0 Å². The molecular formula is C42H25N5. The lowest BCUT2D eigenvalue weighted by molar-refractivity contribution is 1.06. The topological polar surface area (TPSA) is 56.5 Å². The molecule has 5 heteroatoms. The van der Waals surface area contributed by atoms with Crippen LogP contribution in [-0.2, 0) is 0 Å². The zero-order valence-corrected chi connectivity index (χ0v) is 25.2. The average molecular weight is 600 g/mol. The van der Waals surface area contributed by atoms with E-state index in [9.17, 15) is 0 Å². The third kappa shape index (κ3) is 3.90. The first-order chi connectivity index (χ1) is 23.3. The number of nitrogens with zero attached hydrogens (tertiary/aromatic N) is 5. The number of benzene rings is 6. The molecule has 0 atom stereocenters. The second kappa shape index (κ2) is 10.0. The maximum atomic E-state index is 4.97. The van der Waals surface area contributed by atoms with Crippen LogP contribution in [0.5, 0.6) is 0 Å². The molecule has 0 saturated carbocycles. The summed E-state index contributed by atoms with van der Waals surface area (Å²) in [4.78, 5) is 19.6. The molecule has 3 aromatic heterocycles. The molecule has 47 heavy (non-hydrogen) atoms. The number of hydrogen-bond acceptors (Lipinski definition) is 4. The Balaban J connectivity index is 1.22. The predicted molar refractivity (Wildman–Crippen MR) is 190 cm³/mol. The molecule has 6 aromatic carbocycles. The second-order valence-corrected chi connectivity index (χ2v) is 11.9. The minimum atomic E-state index is 0.580. The SMILES string of the molecule is c1ccc(-c2nc(-c3ccccc3)nc(-c3cncc(-n4c5cccc6c5c5c(cccc54)-c4cccc5cccc-6c45)c3)n2)cc1. The van der Waals surface area contributed by atoms with Gasteiger partial charge in [-0.2, -0.15) is 0 Å². The maximum absolute atomic E-state index is 4.97. The van der Waals surface area contributed by atoms with Gasteiger partial charge in [0.05, 0.1) is 22.9 Å². The van der Waals surface area contributed by atoms with Gasteiger partial charge >= 0.3 is 0 Å². The Kier molecular flexibility index (Phi) is 5.51. The van der Waals surface area contributed by atoms with Gasteiger partial charge in [-0.3, -0.25) is 4.98 Å². The van der Waals surface area contributed by atoms with Gasteiger partial charge in [-0.05, 0) is 51.2 Å². The highest BCUT2D eigenvalue weighted by molar-refractivity contribution is 6.27. The van der Waals surface area contributed by atoms with Crippen molar-refractivity contribution >= 4 is 32.6 Å². The standard InChI is InChI=1S/C42H25N5/c1-3-11-27(12-4-1)40-44-41(28-13-5-2-6-14-28)46-42(45-40)29-23-30(25-43-24-29)47-35-21-9-19-33-31-17-7-15-26-16-8-18-32(37(26)31)34-20-10-22-36(47)39(34)38(33)35/h1-25H. The first kappa shape index (κ1) is 25.8. The molecule has 0 saturated heterocycles. The number of pyridine rings is 1. The van der Waals surface area contributed by atoms with Gasteiger partial charge in [-0.25, -0.2) is 15.0 Å². The molecule has 0 radical (unpaired) electrons. The minimum absolute atomic E-state index is 0.580. The van der Waals surface area contributed by atoms with Crippen LogP contribution in [0.25, 0.3) is 94.7 Å². The number of fused-ring (bicyclic) bond motifs is 2. The maximum Gasteiger partial charge on any atom is 0.165 e. The molecule has 5 nitrogen and oxygen atoms in total. The fourth-order valence-electron chi connectivity index (χ4n) is 7.24. The van der Waals surface area contributed by atoms with E-state index in [0.717, 1.165) is 33.4 Å². The first-order valence-corrected chi connectivity index (χ1v) is 15.7. The lowest BCUT2D eigenvalue weighted by atomic mass is 9.93. The summed E-state index contributed by atoms with van der Waals surface area (Å²) in [6, 6.07) is 48.8. The van der Waals surface area contributed by atoms with Crippen molar-refractivity contribution in [1.82, 2.24) is 24.5 Å². The number of aromatic nitrogens is 5. The largest absolute Gasteiger partial charge is 0.308 e. The molecule has 0 bridgehead atoms. The second-order valence-electron chi connectivity index (χ2n) is 11.9. The van der Waals surface area contributed by atoms with Gasteiger partial charge in [0.25, 0.3) is 0 Å². The van der Waals surface area contributed by atoms with E-state index < -0.39 is 0 Å². The predicted octanol–water partition coefficient (Wildman–Crippen LogP) is 10.2. The Morgan fingerprint density at radius 1 is 0.383 bits per heavy atom. The molecule has 218 valence electrons. The summed E-state index contributed by atoms with van der Waals surface area (Å²) in [6.45, 7) is 0. The highest BCUT2D eigenvalue weighted by Crippen LogP contribution is 2.49. The van der Waals surface area contributed by atoms with E-state index in [4.69, 9.17) is 19.9 Å². The van der Waals surface area contributed by atoms with E-state index in [2.05, 4.69) is 83.4 Å². The molecule has 9 aromatic rings. The first-order valence-electron chi connectivity index (χ1n) is 15.7. The number of hydrogen-bond donors (Lipinski definition) is 0. The van der Waals surface area contributed by atoms with Crippen LogP contribution in [0.15, 0.2) is 152 Å². The summed E-state index contributed by atoms with van der Waals surface area (Å²) in [5.74, 6) is 1.83. The zero-order valence-electron chi connectivity index (χ0n) is 25.2. The molecule has 10 rings (SSSR count). The van der Waals surface area contributed by atoms with Crippen molar-refractivity contribution in [1.29, 1.82) is 0 Å². The zero-order chi connectivity index (χ0) is 30.9. The average Bonchev–Trinajstić information content (AvgIpc) is 3.43. The van der Waals surface area contributed by atoms with Gasteiger partial charge < -0.3 is 4.57 Å². The smallest absolute Gasteiger partial charge is 0.165 e. The van der Waals surface area contributed by atoms with Crippen molar-refractivity contribution in [3.63, 3.8) is 0 Å². The molecule has 0 aliphatic heterocycles. The molecule has 0 N–H and O–H groups in total. The molecule has 1 aliphatic carbocycles. The summed E-state index contributed by atoms with van der Waals surface area (Å²) in [5, 5.41) is 5.07. The third-order valence-corrected chi connectivity index (χ3v) is 9.24. The quantitative estimate of drug-likeness (QED) is 0.202. The van der Waals surface area contributed by atoms with E-state index in [-0.39, 0.29) is 0 Å². The van der Waals surface area contributed by atoms with E-state index >= 15 is 0 Å². The highest BCUT2D eigenvalue weighted by atomic mass is 15.0. The van der Waals surface area contributed by atoms with Crippen molar-refractivity contribution in [3.8, 4) is 62.1 Å². The van der Waals surface area contributed by atoms with E-state index in [0.29, 0.717) is 17.5 Å². The molecule has 3 heterocycles. The molecule has 0 spiro atoms.